The Morgan fingerprint density at radius 3 is 2.00 bits per heavy atom. The molecule has 0 aromatic heterocycles. The highest BCUT2D eigenvalue weighted by atomic mass is 28.3. The van der Waals surface area contributed by atoms with Crippen LogP contribution in [-0.4, -0.2) is 23.2 Å². The minimum atomic E-state index is -1.30. The fourth-order valence-electron chi connectivity index (χ4n) is 0.840. The minimum Gasteiger partial charge on any atom is -0.538 e. The Hall–Kier alpha value is -0.0962. The molecule has 0 N–H and O–H groups in total. The van der Waals surface area contributed by atoms with Crippen LogP contribution >= 0.6 is 0 Å². The second kappa shape index (κ2) is 4.06. The van der Waals surface area contributed by atoms with Gasteiger partial charge in [-0.05, 0) is 32.7 Å². The van der Waals surface area contributed by atoms with Gasteiger partial charge >= 0.3 is 0 Å². The van der Waals surface area contributed by atoms with E-state index in [1.807, 2.05) is 6.92 Å². The normalized spacial score (nSPS) is 13.9. The van der Waals surface area contributed by atoms with Crippen molar-refractivity contribution in [3.63, 3.8) is 0 Å². The van der Waals surface area contributed by atoms with Gasteiger partial charge in [0.2, 0.25) is 9.04 Å². The van der Waals surface area contributed by atoms with E-state index in [9.17, 15) is 0 Å². The Kier molecular flexibility index (Phi) is 4.03. The van der Waals surface area contributed by atoms with Crippen LogP contribution in [0.3, 0.4) is 0 Å². The second-order valence-corrected chi connectivity index (χ2v) is 10.9. The molecule has 66 valence electrons. The topological polar surface area (TPSA) is 21.6 Å². The first kappa shape index (κ1) is 10.9. The fourth-order valence-corrected chi connectivity index (χ4v) is 2.68. The van der Waals surface area contributed by atoms with Gasteiger partial charge < -0.3 is 4.43 Å². The van der Waals surface area contributed by atoms with Crippen LogP contribution in [0.25, 0.3) is 0 Å². The molecular formula is C7H19NOSi2. The maximum absolute atomic E-state index is 5.55. The number of hydrogen-bond donors (Lipinski definition) is 0. The lowest BCUT2D eigenvalue weighted by atomic mass is 10.8. The van der Waals surface area contributed by atoms with E-state index in [0.717, 1.165) is 5.90 Å². The van der Waals surface area contributed by atoms with Crippen molar-refractivity contribution in [3.05, 3.63) is 0 Å². The Morgan fingerprint density at radius 1 is 1.27 bits per heavy atom. The molecule has 0 saturated heterocycles. The Morgan fingerprint density at radius 2 is 1.73 bits per heavy atom. The van der Waals surface area contributed by atoms with Crippen LogP contribution in [-0.2, 0) is 4.43 Å². The molecule has 0 spiro atoms. The van der Waals surface area contributed by atoms with Crippen LogP contribution in [0.2, 0.25) is 32.7 Å². The third-order valence-corrected chi connectivity index (χ3v) is 2.70. The summed E-state index contributed by atoms with van der Waals surface area (Å²) in [6, 6.07) is 0. The van der Waals surface area contributed by atoms with Gasteiger partial charge in [-0.1, -0.05) is 0 Å². The lowest BCUT2D eigenvalue weighted by Crippen LogP contribution is -2.22. The molecule has 2 nitrogen and oxygen atoms in total. The average Bonchev–Trinajstić information content (AvgIpc) is 1.53. The van der Waals surface area contributed by atoms with Gasteiger partial charge in [0, 0.05) is 6.92 Å². The highest BCUT2D eigenvalue weighted by molar-refractivity contribution is 6.75. The SMILES string of the molecule is CC(=N[Si](C)(C)C)O[SiH](C)C. The summed E-state index contributed by atoms with van der Waals surface area (Å²) < 4.78 is 10.1. The van der Waals surface area contributed by atoms with E-state index in [1.54, 1.807) is 0 Å². The van der Waals surface area contributed by atoms with Gasteiger partial charge in [0.1, 0.15) is 0 Å². The third kappa shape index (κ3) is 7.80. The minimum absolute atomic E-state index is 0.894. The molecular weight excluding hydrogens is 170 g/mol. The van der Waals surface area contributed by atoms with Crippen LogP contribution in [0, 0.1) is 0 Å². The number of nitrogens with zero attached hydrogens (tertiary/aromatic N) is 1. The quantitative estimate of drug-likeness (QED) is 0.371. The van der Waals surface area contributed by atoms with Gasteiger partial charge in [-0.3, -0.25) is 4.66 Å². The van der Waals surface area contributed by atoms with Crippen molar-refractivity contribution < 1.29 is 4.43 Å². The van der Waals surface area contributed by atoms with Crippen LogP contribution in [0.5, 0.6) is 0 Å². The summed E-state index contributed by atoms with van der Waals surface area (Å²) in [6.07, 6.45) is 0. The molecule has 0 saturated carbocycles. The van der Waals surface area contributed by atoms with Gasteiger partial charge in [-0.25, -0.2) is 0 Å². The smallest absolute Gasteiger partial charge is 0.230 e. The van der Waals surface area contributed by atoms with Gasteiger partial charge in [-0.2, -0.15) is 0 Å². The van der Waals surface area contributed by atoms with Crippen LogP contribution < -0.4 is 0 Å². The fraction of sp³-hybridized carbons (Fsp3) is 0.857. The molecule has 0 fully saturated rings. The van der Waals surface area contributed by atoms with Gasteiger partial charge in [0.25, 0.3) is 0 Å². The Labute approximate surface area is 72.5 Å². The highest BCUT2D eigenvalue weighted by Crippen LogP contribution is 2.03. The van der Waals surface area contributed by atoms with Crippen LogP contribution in [0.15, 0.2) is 4.66 Å². The van der Waals surface area contributed by atoms with Crippen LogP contribution in [0.1, 0.15) is 6.92 Å². The lowest BCUT2D eigenvalue weighted by molar-refractivity contribution is 0.573. The zero-order valence-electron chi connectivity index (χ0n) is 8.43. The molecule has 0 radical (unpaired) electrons. The van der Waals surface area contributed by atoms with Gasteiger partial charge in [0.05, 0.1) is 0 Å². The predicted molar refractivity (Wildman–Crippen MR) is 56.4 cm³/mol. The first-order valence-corrected chi connectivity index (χ1v) is 10.3. The van der Waals surface area contributed by atoms with Crippen molar-refractivity contribution in [1.82, 2.24) is 0 Å². The molecule has 11 heavy (non-hydrogen) atoms. The molecule has 0 aromatic carbocycles. The summed E-state index contributed by atoms with van der Waals surface area (Å²) in [5.74, 6) is 0.894. The van der Waals surface area contributed by atoms with Crippen molar-refractivity contribution in [1.29, 1.82) is 0 Å². The summed E-state index contributed by atoms with van der Waals surface area (Å²) in [5, 5.41) is 0. The standard InChI is InChI=1S/C7H19NOSi2/c1-7(9-10(2)3)8-11(4,5)6/h10H,1-6H3. The Bertz CT molecular complexity index is 149. The van der Waals surface area contributed by atoms with Gasteiger partial charge in [0.15, 0.2) is 14.1 Å². The predicted octanol–water partition coefficient (Wildman–Crippen LogP) is 2.24. The van der Waals surface area contributed by atoms with Crippen molar-refractivity contribution in [2.24, 2.45) is 4.66 Å². The summed E-state index contributed by atoms with van der Waals surface area (Å²) in [6.45, 7) is 12.9. The lowest BCUT2D eigenvalue weighted by Gasteiger charge is -2.14. The van der Waals surface area contributed by atoms with Crippen molar-refractivity contribution in [2.75, 3.05) is 0 Å². The molecule has 0 aliphatic rings. The van der Waals surface area contributed by atoms with Crippen LogP contribution in [0.4, 0.5) is 0 Å². The molecule has 0 aromatic rings. The summed E-state index contributed by atoms with van der Waals surface area (Å²) in [7, 11) is -2.23. The average molecular weight is 189 g/mol. The van der Waals surface area contributed by atoms with E-state index in [0.29, 0.717) is 0 Å². The number of hydrogen-bond acceptors (Lipinski definition) is 2. The highest BCUT2D eigenvalue weighted by Gasteiger charge is 2.12. The summed E-state index contributed by atoms with van der Waals surface area (Å²) in [5.41, 5.74) is 0. The molecule has 0 aliphatic carbocycles. The molecule has 0 amide bonds. The zero-order chi connectivity index (χ0) is 9.07. The molecule has 0 atom stereocenters. The summed E-state index contributed by atoms with van der Waals surface area (Å²) >= 11 is 0. The van der Waals surface area contributed by atoms with E-state index in [-0.39, 0.29) is 0 Å². The van der Waals surface area contributed by atoms with Gasteiger partial charge in [-0.15, -0.1) is 0 Å². The monoisotopic (exact) mass is 189 g/mol. The molecule has 0 heterocycles. The summed E-state index contributed by atoms with van der Waals surface area (Å²) in [4.78, 5) is 0. The maximum Gasteiger partial charge on any atom is 0.230 e. The largest absolute Gasteiger partial charge is 0.538 e. The van der Waals surface area contributed by atoms with E-state index in [4.69, 9.17) is 4.43 Å². The molecule has 0 bridgehead atoms. The third-order valence-electron chi connectivity index (χ3n) is 0.899. The first-order chi connectivity index (χ1) is 4.81. The molecule has 4 heteroatoms. The van der Waals surface area contributed by atoms with Crippen molar-refractivity contribution >= 4 is 23.2 Å². The Balaban J connectivity index is 4.01. The second-order valence-electron chi connectivity index (χ2n) is 3.97. The zero-order valence-corrected chi connectivity index (χ0v) is 10.6. The van der Waals surface area contributed by atoms with E-state index in [1.165, 1.54) is 0 Å². The maximum atomic E-state index is 5.55. The van der Waals surface area contributed by atoms with Crippen molar-refractivity contribution in [2.45, 2.75) is 39.7 Å². The molecule has 0 rings (SSSR count). The first-order valence-electron chi connectivity index (χ1n) is 4.04. The number of rotatable bonds is 2. The molecule has 0 aliphatic heterocycles. The van der Waals surface area contributed by atoms with E-state index >= 15 is 0 Å². The molecule has 0 unspecified atom stereocenters. The van der Waals surface area contributed by atoms with E-state index < -0.39 is 17.3 Å². The van der Waals surface area contributed by atoms with Crippen molar-refractivity contribution in [3.8, 4) is 0 Å². The van der Waals surface area contributed by atoms with E-state index in [2.05, 4.69) is 37.4 Å².